The van der Waals surface area contributed by atoms with Crippen molar-refractivity contribution in [3.63, 3.8) is 0 Å². The van der Waals surface area contributed by atoms with E-state index in [1.807, 2.05) is 12.3 Å². The molecular weight excluding hydrogens is 348 g/mol. The number of hydrogen-bond acceptors (Lipinski definition) is 4. The van der Waals surface area contributed by atoms with Crippen LogP contribution in [-0.2, 0) is 11.3 Å². The summed E-state index contributed by atoms with van der Waals surface area (Å²) in [5.41, 5.74) is 4.91. The highest BCUT2D eigenvalue weighted by molar-refractivity contribution is 5.42. The van der Waals surface area contributed by atoms with E-state index in [2.05, 4.69) is 48.0 Å². The molecule has 0 unspecified atom stereocenters. The number of benzene rings is 1. The van der Waals surface area contributed by atoms with Crippen LogP contribution < -0.4 is 4.74 Å². The molecule has 5 rings (SSSR count). The molecule has 0 bridgehead atoms. The number of hydrogen-bond donors (Lipinski definition) is 0. The van der Waals surface area contributed by atoms with Gasteiger partial charge < -0.3 is 9.47 Å². The lowest BCUT2D eigenvalue weighted by Gasteiger charge is -2.53. The average molecular weight is 379 g/mol. The van der Waals surface area contributed by atoms with Gasteiger partial charge >= 0.3 is 0 Å². The lowest BCUT2D eigenvalue weighted by Crippen LogP contribution is -2.57. The molecule has 2 atom stereocenters. The van der Waals surface area contributed by atoms with E-state index in [1.165, 1.54) is 28.8 Å². The Kier molecular flexibility index (Phi) is 4.64. The first-order chi connectivity index (χ1) is 13.6. The van der Waals surface area contributed by atoms with Crippen molar-refractivity contribution in [3.8, 4) is 5.75 Å². The van der Waals surface area contributed by atoms with Gasteiger partial charge in [0, 0.05) is 56.8 Å². The quantitative estimate of drug-likeness (QED) is 0.765. The molecule has 4 nitrogen and oxygen atoms in total. The zero-order valence-electron chi connectivity index (χ0n) is 17.0. The summed E-state index contributed by atoms with van der Waals surface area (Å²) in [6, 6.07) is 10.8. The maximum atomic E-state index is 6.81. The van der Waals surface area contributed by atoms with E-state index >= 15 is 0 Å². The van der Waals surface area contributed by atoms with Crippen molar-refractivity contribution in [1.29, 1.82) is 0 Å². The van der Waals surface area contributed by atoms with Gasteiger partial charge in [0.1, 0.15) is 11.4 Å². The molecule has 0 N–H and O–H groups in total. The standard InChI is InChI=1S/C24H30N2O2/c1-17-7-8-19-22(15-17)28-24(20-6-4-14-27-23(19)20)9-12-26(13-10-24)16-21-18(2)5-3-11-25-21/h3,5,7-8,11,15,20,23H,4,6,9-10,12-14,16H2,1-2H3/t20-,23+/m1/s1. The molecule has 0 saturated carbocycles. The summed E-state index contributed by atoms with van der Waals surface area (Å²) in [6.45, 7) is 8.21. The zero-order valence-corrected chi connectivity index (χ0v) is 17.0. The number of aryl methyl sites for hydroxylation is 2. The van der Waals surface area contributed by atoms with Crippen LogP contribution in [0.1, 0.15) is 54.2 Å². The van der Waals surface area contributed by atoms with Crippen molar-refractivity contribution in [2.24, 2.45) is 5.92 Å². The molecule has 0 radical (unpaired) electrons. The molecule has 148 valence electrons. The van der Waals surface area contributed by atoms with Crippen molar-refractivity contribution in [1.82, 2.24) is 9.88 Å². The van der Waals surface area contributed by atoms with Gasteiger partial charge in [-0.3, -0.25) is 9.88 Å². The van der Waals surface area contributed by atoms with Crippen molar-refractivity contribution in [2.75, 3.05) is 19.7 Å². The highest BCUT2D eigenvalue weighted by Crippen LogP contribution is 2.53. The van der Waals surface area contributed by atoms with Gasteiger partial charge in [-0.05, 0) is 49.9 Å². The number of pyridine rings is 1. The Bertz CT molecular complexity index is 857. The lowest BCUT2D eigenvalue weighted by atomic mass is 9.70. The minimum Gasteiger partial charge on any atom is -0.486 e. The van der Waals surface area contributed by atoms with E-state index in [4.69, 9.17) is 9.47 Å². The fourth-order valence-corrected chi connectivity index (χ4v) is 5.34. The smallest absolute Gasteiger partial charge is 0.126 e. The lowest BCUT2D eigenvalue weighted by molar-refractivity contribution is -0.150. The number of likely N-dealkylation sites (tertiary alicyclic amines) is 1. The van der Waals surface area contributed by atoms with Crippen LogP contribution in [0.2, 0.25) is 0 Å². The Labute approximate surface area is 167 Å². The molecule has 1 spiro atoms. The average Bonchev–Trinajstić information content (AvgIpc) is 2.71. The summed E-state index contributed by atoms with van der Waals surface area (Å²) in [5, 5.41) is 0. The number of nitrogens with zero attached hydrogens (tertiary/aromatic N) is 2. The van der Waals surface area contributed by atoms with Crippen LogP contribution in [0.5, 0.6) is 5.75 Å². The first-order valence-corrected chi connectivity index (χ1v) is 10.7. The monoisotopic (exact) mass is 378 g/mol. The molecule has 4 heterocycles. The molecule has 1 aromatic heterocycles. The van der Waals surface area contributed by atoms with Crippen LogP contribution in [0.3, 0.4) is 0 Å². The number of aromatic nitrogens is 1. The van der Waals surface area contributed by atoms with Gasteiger partial charge in [-0.25, -0.2) is 0 Å². The summed E-state index contributed by atoms with van der Waals surface area (Å²) >= 11 is 0. The molecule has 0 aliphatic carbocycles. The third kappa shape index (κ3) is 3.13. The predicted molar refractivity (Wildman–Crippen MR) is 109 cm³/mol. The summed E-state index contributed by atoms with van der Waals surface area (Å²) < 4.78 is 13.1. The molecule has 0 amide bonds. The van der Waals surface area contributed by atoms with Crippen LogP contribution in [0.4, 0.5) is 0 Å². The summed E-state index contributed by atoms with van der Waals surface area (Å²) in [7, 11) is 0. The Morgan fingerprint density at radius 2 is 2.04 bits per heavy atom. The highest BCUT2D eigenvalue weighted by Gasteiger charge is 2.52. The summed E-state index contributed by atoms with van der Waals surface area (Å²) in [5.74, 6) is 1.52. The van der Waals surface area contributed by atoms with E-state index in [1.54, 1.807) is 0 Å². The predicted octanol–water partition coefficient (Wildman–Crippen LogP) is 4.59. The Morgan fingerprint density at radius 3 is 2.86 bits per heavy atom. The minimum absolute atomic E-state index is 0.0818. The fourth-order valence-electron chi connectivity index (χ4n) is 5.34. The van der Waals surface area contributed by atoms with Crippen LogP contribution in [-0.4, -0.2) is 35.2 Å². The maximum Gasteiger partial charge on any atom is 0.126 e. The van der Waals surface area contributed by atoms with Gasteiger partial charge in [-0.2, -0.15) is 0 Å². The molecule has 3 aliphatic rings. The summed E-state index contributed by atoms with van der Waals surface area (Å²) in [6.07, 6.45) is 6.58. The van der Waals surface area contributed by atoms with Crippen molar-refractivity contribution >= 4 is 0 Å². The molecular formula is C24H30N2O2. The second kappa shape index (κ2) is 7.16. The molecule has 4 heteroatoms. The normalized spacial score (nSPS) is 26.4. The van der Waals surface area contributed by atoms with Crippen LogP contribution in [0.15, 0.2) is 36.5 Å². The van der Waals surface area contributed by atoms with Gasteiger partial charge in [0.15, 0.2) is 0 Å². The van der Waals surface area contributed by atoms with Gasteiger partial charge in [-0.1, -0.05) is 18.2 Å². The Morgan fingerprint density at radius 1 is 1.18 bits per heavy atom. The van der Waals surface area contributed by atoms with Gasteiger partial charge in [0.2, 0.25) is 0 Å². The Balaban J connectivity index is 1.37. The van der Waals surface area contributed by atoms with E-state index in [0.717, 1.165) is 51.3 Å². The highest BCUT2D eigenvalue weighted by atomic mass is 16.5. The molecule has 2 fully saturated rings. The van der Waals surface area contributed by atoms with Gasteiger partial charge in [0.25, 0.3) is 0 Å². The Hall–Kier alpha value is -1.91. The largest absolute Gasteiger partial charge is 0.486 e. The van der Waals surface area contributed by atoms with Gasteiger partial charge in [0.05, 0.1) is 11.8 Å². The molecule has 2 aromatic rings. The topological polar surface area (TPSA) is 34.6 Å². The van der Waals surface area contributed by atoms with Crippen molar-refractivity contribution in [3.05, 3.63) is 58.9 Å². The third-order valence-electron chi connectivity index (χ3n) is 6.98. The van der Waals surface area contributed by atoms with Crippen molar-refractivity contribution < 1.29 is 9.47 Å². The summed E-state index contributed by atoms with van der Waals surface area (Å²) in [4.78, 5) is 7.12. The molecule has 1 aromatic carbocycles. The minimum atomic E-state index is -0.0818. The van der Waals surface area contributed by atoms with Crippen LogP contribution in [0, 0.1) is 19.8 Å². The number of rotatable bonds is 2. The molecule has 2 saturated heterocycles. The second-order valence-corrected chi connectivity index (χ2v) is 8.79. The number of piperidine rings is 1. The SMILES string of the molecule is Cc1ccc2c(c1)OC1(CCN(Cc3ncccc3C)CC1)[C@@H]1CCCO[C@@H]21. The second-order valence-electron chi connectivity index (χ2n) is 8.79. The van der Waals surface area contributed by atoms with E-state index in [-0.39, 0.29) is 11.7 Å². The van der Waals surface area contributed by atoms with Crippen molar-refractivity contribution in [2.45, 2.75) is 57.8 Å². The van der Waals surface area contributed by atoms with E-state index in [9.17, 15) is 0 Å². The van der Waals surface area contributed by atoms with E-state index < -0.39 is 0 Å². The third-order valence-corrected chi connectivity index (χ3v) is 6.98. The van der Waals surface area contributed by atoms with Gasteiger partial charge in [-0.15, -0.1) is 0 Å². The number of fused-ring (bicyclic) bond motifs is 4. The van der Waals surface area contributed by atoms with Crippen LogP contribution >= 0.6 is 0 Å². The zero-order chi connectivity index (χ0) is 19.1. The fraction of sp³-hybridized carbons (Fsp3) is 0.542. The van der Waals surface area contributed by atoms with E-state index in [0.29, 0.717) is 5.92 Å². The molecule has 3 aliphatic heterocycles. The van der Waals surface area contributed by atoms with Crippen LogP contribution in [0.25, 0.3) is 0 Å². The first kappa shape index (κ1) is 18.1. The number of ether oxygens (including phenoxy) is 2. The first-order valence-electron chi connectivity index (χ1n) is 10.7. The molecule has 28 heavy (non-hydrogen) atoms. The maximum absolute atomic E-state index is 6.81.